The molecular weight excluding hydrogens is 179 g/mol. The molecule has 0 aliphatic carbocycles. The van der Waals surface area contributed by atoms with Gasteiger partial charge in [0.1, 0.15) is 0 Å². The maximum atomic E-state index is 11.1. The molecule has 0 atom stereocenters. The number of carbonyl (C=O) groups is 2. The standard InChI is InChI=1S/C8H13FO4/c9-13-8(12)6-4-2-1-3-5-7(10)11/h1-6H2,(H,10,11). The van der Waals surface area contributed by atoms with Crippen molar-refractivity contribution in [3.8, 4) is 0 Å². The number of hydrogen-bond donors (Lipinski definition) is 1. The van der Waals surface area contributed by atoms with E-state index in [-0.39, 0.29) is 12.8 Å². The third-order valence-electron chi connectivity index (χ3n) is 1.61. The molecule has 0 amide bonds. The molecule has 0 aliphatic rings. The number of halogens is 1. The molecule has 0 aromatic rings. The summed E-state index contributed by atoms with van der Waals surface area (Å²) in [4.78, 5) is 23.3. The highest BCUT2D eigenvalue weighted by Crippen LogP contribution is 2.06. The predicted molar refractivity (Wildman–Crippen MR) is 42.5 cm³/mol. The molecule has 0 spiro atoms. The highest BCUT2D eigenvalue weighted by atomic mass is 19.3. The van der Waals surface area contributed by atoms with Crippen molar-refractivity contribution in [2.45, 2.75) is 38.5 Å². The van der Waals surface area contributed by atoms with Crippen LogP contribution in [0.1, 0.15) is 38.5 Å². The first kappa shape index (κ1) is 11.9. The van der Waals surface area contributed by atoms with Crippen molar-refractivity contribution in [1.29, 1.82) is 0 Å². The molecule has 0 aromatic carbocycles. The highest BCUT2D eigenvalue weighted by molar-refractivity contribution is 5.68. The van der Waals surface area contributed by atoms with Gasteiger partial charge in [0.2, 0.25) is 0 Å². The molecule has 13 heavy (non-hydrogen) atoms. The number of carbonyl (C=O) groups excluding carboxylic acids is 1. The van der Waals surface area contributed by atoms with Crippen molar-refractivity contribution in [2.24, 2.45) is 0 Å². The molecule has 0 fully saturated rings. The lowest BCUT2D eigenvalue weighted by Crippen LogP contribution is -1.97. The minimum absolute atomic E-state index is 0.0591. The lowest BCUT2D eigenvalue weighted by molar-refractivity contribution is -0.183. The highest BCUT2D eigenvalue weighted by Gasteiger charge is 2.02. The average Bonchev–Trinajstić information content (AvgIpc) is 2.10. The van der Waals surface area contributed by atoms with E-state index in [0.717, 1.165) is 12.8 Å². The van der Waals surface area contributed by atoms with E-state index in [1.807, 2.05) is 0 Å². The van der Waals surface area contributed by atoms with Gasteiger partial charge in [0.15, 0.2) is 0 Å². The lowest BCUT2D eigenvalue weighted by Gasteiger charge is -1.96. The fourth-order valence-electron chi connectivity index (χ4n) is 0.938. The summed E-state index contributed by atoms with van der Waals surface area (Å²) >= 11 is 0. The largest absolute Gasteiger partial charge is 0.481 e. The van der Waals surface area contributed by atoms with E-state index < -0.39 is 11.9 Å². The van der Waals surface area contributed by atoms with E-state index in [1.165, 1.54) is 0 Å². The van der Waals surface area contributed by atoms with Crippen LogP contribution < -0.4 is 0 Å². The fourth-order valence-corrected chi connectivity index (χ4v) is 0.938. The van der Waals surface area contributed by atoms with Crippen LogP contribution in [-0.2, 0) is 14.5 Å². The van der Waals surface area contributed by atoms with Crippen molar-refractivity contribution in [3.05, 3.63) is 0 Å². The van der Waals surface area contributed by atoms with Crippen molar-refractivity contribution in [1.82, 2.24) is 0 Å². The Morgan fingerprint density at radius 3 is 2.08 bits per heavy atom. The molecular formula is C8H13FO4. The van der Waals surface area contributed by atoms with Crippen LogP contribution in [0.3, 0.4) is 0 Å². The van der Waals surface area contributed by atoms with Crippen LogP contribution >= 0.6 is 0 Å². The van der Waals surface area contributed by atoms with Crippen LogP contribution in [0.25, 0.3) is 0 Å². The predicted octanol–water partition coefficient (Wildman–Crippen LogP) is 1.84. The quantitative estimate of drug-likeness (QED) is 0.625. The minimum atomic E-state index is -0.863. The van der Waals surface area contributed by atoms with E-state index >= 15 is 0 Å². The van der Waals surface area contributed by atoms with Gasteiger partial charge in [-0.2, -0.15) is 0 Å². The first-order valence-corrected chi connectivity index (χ1v) is 4.20. The maximum absolute atomic E-state index is 11.1. The van der Waals surface area contributed by atoms with Crippen molar-refractivity contribution >= 4 is 11.9 Å². The Morgan fingerprint density at radius 2 is 1.62 bits per heavy atom. The number of carboxylic acid groups (broad SMARTS) is 1. The molecule has 0 heterocycles. The average molecular weight is 192 g/mol. The zero-order chi connectivity index (χ0) is 10.1. The van der Waals surface area contributed by atoms with Gasteiger partial charge in [0, 0.05) is 17.4 Å². The Labute approximate surface area is 75.6 Å². The minimum Gasteiger partial charge on any atom is -0.481 e. The lowest BCUT2D eigenvalue weighted by atomic mass is 10.1. The van der Waals surface area contributed by atoms with Crippen LogP contribution in [0, 0.1) is 0 Å². The van der Waals surface area contributed by atoms with Gasteiger partial charge in [-0.1, -0.05) is 12.8 Å². The first-order chi connectivity index (χ1) is 6.16. The third-order valence-corrected chi connectivity index (χ3v) is 1.61. The van der Waals surface area contributed by atoms with E-state index in [0.29, 0.717) is 12.8 Å². The van der Waals surface area contributed by atoms with Crippen LogP contribution in [0.2, 0.25) is 0 Å². The van der Waals surface area contributed by atoms with Crippen molar-refractivity contribution in [2.75, 3.05) is 0 Å². The topological polar surface area (TPSA) is 63.6 Å². The molecule has 0 aliphatic heterocycles. The SMILES string of the molecule is O=C(O)CCCCCCC(=O)OF. The Kier molecular flexibility index (Phi) is 6.86. The van der Waals surface area contributed by atoms with Crippen molar-refractivity contribution < 1.29 is 24.2 Å². The Bertz CT molecular complexity index is 170. The Balaban J connectivity index is 3.08. The summed E-state index contributed by atoms with van der Waals surface area (Å²) in [5, 5.41) is 8.27. The molecule has 1 N–H and O–H groups in total. The zero-order valence-corrected chi connectivity index (χ0v) is 7.29. The summed E-state index contributed by atoms with van der Waals surface area (Å²) in [7, 11) is 0. The summed E-state index contributed by atoms with van der Waals surface area (Å²) in [5.74, 6) is -1.68. The normalized spacial score (nSPS) is 9.62. The summed E-state index contributed by atoms with van der Waals surface area (Å²) < 4.78 is 11.1. The second-order valence-electron chi connectivity index (χ2n) is 2.76. The third kappa shape index (κ3) is 8.78. The molecule has 0 bridgehead atoms. The van der Waals surface area contributed by atoms with Crippen molar-refractivity contribution in [3.63, 3.8) is 0 Å². The van der Waals surface area contributed by atoms with E-state index in [1.54, 1.807) is 0 Å². The van der Waals surface area contributed by atoms with Gasteiger partial charge in [0.25, 0.3) is 0 Å². The van der Waals surface area contributed by atoms with Crippen LogP contribution in [0.15, 0.2) is 0 Å². The van der Waals surface area contributed by atoms with Crippen LogP contribution in [0.4, 0.5) is 4.53 Å². The fraction of sp³-hybridized carbons (Fsp3) is 0.750. The van der Waals surface area contributed by atoms with Gasteiger partial charge < -0.3 is 5.11 Å². The Hall–Kier alpha value is -1.13. The number of hydrogen-bond acceptors (Lipinski definition) is 3. The monoisotopic (exact) mass is 192 g/mol. The molecule has 0 saturated carbocycles. The van der Waals surface area contributed by atoms with Gasteiger partial charge in [0.05, 0.1) is 0 Å². The smallest absolute Gasteiger partial charge is 0.348 e. The van der Waals surface area contributed by atoms with Crippen LogP contribution in [0.5, 0.6) is 0 Å². The Morgan fingerprint density at radius 1 is 1.08 bits per heavy atom. The molecule has 0 saturated heterocycles. The van der Waals surface area contributed by atoms with E-state index in [9.17, 15) is 14.1 Å². The van der Waals surface area contributed by atoms with E-state index in [2.05, 4.69) is 4.94 Å². The zero-order valence-electron chi connectivity index (χ0n) is 7.29. The molecule has 4 nitrogen and oxygen atoms in total. The summed E-state index contributed by atoms with van der Waals surface area (Å²) in [5.41, 5.74) is 0. The van der Waals surface area contributed by atoms with Gasteiger partial charge in [-0.05, 0) is 12.8 Å². The number of rotatable bonds is 7. The second-order valence-corrected chi connectivity index (χ2v) is 2.76. The molecule has 0 aromatic heterocycles. The molecule has 0 radical (unpaired) electrons. The van der Waals surface area contributed by atoms with Gasteiger partial charge in [-0.25, -0.2) is 4.79 Å². The molecule has 76 valence electrons. The molecule has 0 unspecified atom stereocenters. The number of aliphatic carboxylic acids is 1. The van der Waals surface area contributed by atoms with Gasteiger partial charge in [-0.15, -0.1) is 0 Å². The summed E-state index contributed by atoms with van der Waals surface area (Å²) in [6, 6.07) is 0. The van der Waals surface area contributed by atoms with Crippen LogP contribution in [-0.4, -0.2) is 17.0 Å². The molecule has 0 rings (SSSR count). The van der Waals surface area contributed by atoms with Gasteiger partial charge in [-0.3, -0.25) is 9.74 Å². The van der Waals surface area contributed by atoms with E-state index in [4.69, 9.17) is 5.11 Å². The second kappa shape index (κ2) is 7.52. The number of carboxylic acids is 1. The number of unbranched alkanes of at least 4 members (excludes halogenated alkanes) is 3. The van der Waals surface area contributed by atoms with Gasteiger partial charge >= 0.3 is 11.9 Å². The maximum Gasteiger partial charge on any atom is 0.348 e. The summed E-state index contributed by atoms with van der Waals surface area (Å²) in [6.07, 6.45) is 2.81. The first-order valence-electron chi connectivity index (χ1n) is 4.20. The molecule has 5 heteroatoms. The summed E-state index contributed by atoms with van der Waals surface area (Å²) in [6.45, 7) is 0.